The number of benzene rings is 2. The van der Waals surface area contributed by atoms with Gasteiger partial charge in [0.15, 0.2) is 5.60 Å². The first-order valence-corrected chi connectivity index (χ1v) is 8.84. The normalized spacial score (nSPS) is 20.9. The molecule has 2 aromatic carbocycles. The molecule has 0 saturated carbocycles. The van der Waals surface area contributed by atoms with Crippen LogP contribution in [0, 0.1) is 5.82 Å². The van der Waals surface area contributed by atoms with Crippen LogP contribution in [0.1, 0.15) is 43.1 Å². The highest BCUT2D eigenvalue weighted by molar-refractivity contribution is 9.10. The second kappa shape index (κ2) is 6.10. The number of halogens is 2. The maximum atomic E-state index is 14.1. The summed E-state index contributed by atoms with van der Waals surface area (Å²) in [6, 6.07) is 8.58. The van der Waals surface area contributed by atoms with E-state index in [1.807, 2.05) is 0 Å². The van der Waals surface area contributed by atoms with Gasteiger partial charge in [0.25, 0.3) is 0 Å². The number of esters is 1. The minimum Gasteiger partial charge on any atom is -0.449 e. The Morgan fingerprint density at radius 1 is 1.15 bits per heavy atom. The van der Waals surface area contributed by atoms with E-state index >= 15 is 0 Å². The molecule has 0 amide bonds. The number of nitrogens with one attached hydrogen (secondary N) is 1. The quantitative estimate of drug-likeness (QED) is 0.472. The molecule has 2 aliphatic rings. The first kappa shape index (κ1) is 17.1. The van der Waals surface area contributed by atoms with Gasteiger partial charge in [-0.15, -0.1) is 0 Å². The summed E-state index contributed by atoms with van der Waals surface area (Å²) in [6.45, 7) is 1.15. The van der Waals surface area contributed by atoms with E-state index in [2.05, 4.69) is 21.2 Å². The van der Waals surface area contributed by atoms with E-state index in [0.29, 0.717) is 29.5 Å². The minimum absolute atomic E-state index is 0.0522. The first-order chi connectivity index (χ1) is 12.4. The summed E-state index contributed by atoms with van der Waals surface area (Å²) >= 11 is 3.11. The lowest BCUT2D eigenvalue weighted by Crippen LogP contribution is -2.28. The molecule has 0 radical (unpaired) electrons. The van der Waals surface area contributed by atoms with Gasteiger partial charge < -0.3 is 10.1 Å². The predicted molar refractivity (Wildman–Crippen MR) is 93.8 cm³/mol. The molecule has 1 spiro atoms. The van der Waals surface area contributed by atoms with E-state index in [0.717, 1.165) is 6.07 Å². The Morgan fingerprint density at radius 3 is 2.62 bits per heavy atom. The number of Topliss-reactive ketones (excluding diaryl/α,β-unsaturated/α-hetero) is 2. The van der Waals surface area contributed by atoms with Crippen LogP contribution in [0.15, 0.2) is 40.9 Å². The van der Waals surface area contributed by atoms with Crippen LogP contribution in [0.4, 0.5) is 4.39 Å². The van der Waals surface area contributed by atoms with Crippen LogP contribution in [0.3, 0.4) is 0 Å². The lowest BCUT2D eigenvalue weighted by Gasteiger charge is -2.21. The smallest absolute Gasteiger partial charge is 0.340 e. The van der Waals surface area contributed by atoms with Crippen molar-refractivity contribution in [1.29, 1.82) is 0 Å². The van der Waals surface area contributed by atoms with Crippen LogP contribution in [0.2, 0.25) is 0 Å². The maximum Gasteiger partial charge on any atom is 0.340 e. The molecule has 1 fully saturated rings. The van der Waals surface area contributed by atoms with E-state index in [-0.39, 0.29) is 16.7 Å². The van der Waals surface area contributed by atoms with Crippen LogP contribution in [-0.4, -0.2) is 30.6 Å². The van der Waals surface area contributed by atoms with Gasteiger partial charge >= 0.3 is 5.97 Å². The SMILES string of the molecule is O=C(C(=O)c1cccc2c1C(=O)O[C@]21CCNC1)c1ccc(Br)cc1F. The summed E-state index contributed by atoms with van der Waals surface area (Å²) in [4.78, 5) is 37.7. The Bertz CT molecular complexity index is 966. The summed E-state index contributed by atoms with van der Waals surface area (Å²) in [5, 5.41) is 3.14. The topological polar surface area (TPSA) is 72.5 Å². The number of hydrogen-bond donors (Lipinski definition) is 1. The Hall–Kier alpha value is -2.38. The number of carbonyl (C=O) groups is 3. The highest BCUT2D eigenvalue weighted by Crippen LogP contribution is 2.42. The highest BCUT2D eigenvalue weighted by atomic mass is 79.9. The average molecular weight is 418 g/mol. The van der Waals surface area contributed by atoms with Crippen molar-refractivity contribution in [3.8, 4) is 0 Å². The van der Waals surface area contributed by atoms with Crippen LogP contribution >= 0.6 is 15.9 Å². The van der Waals surface area contributed by atoms with Gasteiger partial charge in [0.05, 0.1) is 11.1 Å². The van der Waals surface area contributed by atoms with Gasteiger partial charge in [-0.2, -0.15) is 0 Å². The third kappa shape index (κ3) is 2.50. The lowest BCUT2D eigenvalue weighted by atomic mass is 9.87. The van der Waals surface area contributed by atoms with Crippen LogP contribution in [0.25, 0.3) is 0 Å². The molecule has 132 valence electrons. The van der Waals surface area contributed by atoms with Gasteiger partial charge in [0.1, 0.15) is 5.82 Å². The molecule has 2 heterocycles. The Morgan fingerprint density at radius 2 is 1.92 bits per heavy atom. The third-order valence-corrected chi connectivity index (χ3v) is 5.28. The molecule has 1 saturated heterocycles. The Labute approximate surface area is 156 Å². The fourth-order valence-electron chi connectivity index (χ4n) is 3.53. The zero-order valence-electron chi connectivity index (χ0n) is 13.5. The predicted octanol–water partition coefficient (Wildman–Crippen LogP) is 3.01. The second-order valence-corrected chi connectivity index (χ2v) is 7.24. The van der Waals surface area contributed by atoms with Gasteiger partial charge in [0.2, 0.25) is 11.6 Å². The van der Waals surface area contributed by atoms with Crippen molar-refractivity contribution in [2.24, 2.45) is 0 Å². The van der Waals surface area contributed by atoms with E-state index in [9.17, 15) is 18.8 Å². The van der Waals surface area contributed by atoms with E-state index in [1.165, 1.54) is 18.2 Å². The zero-order valence-corrected chi connectivity index (χ0v) is 15.1. The van der Waals surface area contributed by atoms with E-state index < -0.39 is 29.0 Å². The molecule has 2 aliphatic heterocycles. The second-order valence-electron chi connectivity index (χ2n) is 6.32. The maximum absolute atomic E-state index is 14.1. The first-order valence-electron chi connectivity index (χ1n) is 8.04. The van der Waals surface area contributed by atoms with Crippen molar-refractivity contribution in [1.82, 2.24) is 5.32 Å². The molecule has 0 bridgehead atoms. The van der Waals surface area contributed by atoms with Crippen LogP contribution in [0.5, 0.6) is 0 Å². The number of rotatable bonds is 3. The molecule has 0 unspecified atom stereocenters. The zero-order chi connectivity index (χ0) is 18.5. The van der Waals surface area contributed by atoms with Gasteiger partial charge in [-0.3, -0.25) is 9.59 Å². The van der Waals surface area contributed by atoms with Crippen molar-refractivity contribution >= 4 is 33.5 Å². The summed E-state index contributed by atoms with van der Waals surface area (Å²) in [6.07, 6.45) is 0.596. The number of hydrogen-bond acceptors (Lipinski definition) is 5. The Balaban J connectivity index is 1.78. The molecule has 5 nitrogen and oxygen atoms in total. The molecule has 1 atom stereocenters. The van der Waals surface area contributed by atoms with Crippen LogP contribution < -0.4 is 5.32 Å². The molecule has 2 aromatic rings. The van der Waals surface area contributed by atoms with Crippen LogP contribution in [-0.2, 0) is 10.3 Å². The standard InChI is InChI=1S/C19H13BrFNO4/c20-10-4-5-11(14(21)8-10)16(23)17(24)12-2-1-3-13-15(12)18(25)26-19(13)6-7-22-9-19/h1-5,8,22H,6-7,9H2/t19-/m0/s1. The minimum atomic E-state index is -0.998. The van der Waals surface area contributed by atoms with E-state index in [1.54, 1.807) is 12.1 Å². The number of fused-ring (bicyclic) bond motifs is 2. The van der Waals surface area contributed by atoms with Crippen molar-refractivity contribution in [3.05, 3.63) is 68.9 Å². The summed E-state index contributed by atoms with van der Waals surface area (Å²) in [5.74, 6) is -3.36. The average Bonchev–Trinajstić information content (AvgIpc) is 3.19. The fourth-order valence-corrected chi connectivity index (χ4v) is 3.86. The lowest BCUT2D eigenvalue weighted by molar-refractivity contribution is 0.00159. The number of ether oxygens (including phenoxy) is 1. The molecule has 0 aliphatic carbocycles. The largest absolute Gasteiger partial charge is 0.449 e. The van der Waals surface area contributed by atoms with Crippen molar-refractivity contribution < 1.29 is 23.5 Å². The highest BCUT2D eigenvalue weighted by Gasteiger charge is 2.49. The van der Waals surface area contributed by atoms with Crippen molar-refractivity contribution in [2.45, 2.75) is 12.0 Å². The van der Waals surface area contributed by atoms with Crippen molar-refractivity contribution in [3.63, 3.8) is 0 Å². The summed E-state index contributed by atoms with van der Waals surface area (Å²) in [7, 11) is 0. The van der Waals surface area contributed by atoms with E-state index in [4.69, 9.17) is 4.74 Å². The number of ketones is 2. The molecule has 4 rings (SSSR count). The van der Waals surface area contributed by atoms with Gasteiger partial charge in [0, 0.05) is 28.6 Å². The Kier molecular flexibility index (Phi) is 4.00. The number of carbonyl (C=O) groups excluding carboxylic acids is 3. The van der Waals surface area contributed by atoms with Gasteiger partial charge in [-0.05, 0) is 24.7 Å². The molecule has 26 heavy (non-hydrogen) atoms. The molecular weight excluding hydrogens is 405 g/mol. The summed E-state index contributed by atoms with van der Waals surface area (Å²) in [5.41, 5.74) is -0.480. The molecular formula is C19H13BrFNO4. The molecule has 0 aromatic heterocycles. The molecule has 1 N–H and O–H groups in total. The monoisotopic (exact) mass is 417 g/mol. The fraction of sp³-hybridized carbons (Fsp3) is 0.211. The van der Waals surface area contributed by atoms with Gasteiger partial charge in [-0.1, -0.05) is 34.1 Å². The third-order valence-electron chi connectivity index (χ3n) is 4.79. The van der Waals surface area contributed by atoms with Gasteiger partial charge in [-0.25, -0.2) is 9.18 Å². The summed E-state index contributed by atoms with van der Waals surface area (Å²) < 4.78 is 20.1. The molecule has 7 heteroatoms. The van der Waals surface area contributed by atoms with Crippen molar-refractivity contribution in [2.75, 3.05) is 13.1 Å².